The number of alkyl halides is 2. The Kier molecular flexibility index (Phi) is 3.75. The molecule has 88 valence electrons. The summed E-state index contributed by atoms with van der Waals surface area (Å²) in [5, 5.41) is 9.37. The van der Waals surface area contributed by atoms with Crippen molar-refractivity contribution in [1.82, 2.24) is 0 Å². The molecule has 1 unspecified atom stereocenters. The highest BCUT2D eigenvalue weighted by Crippen LogP contribution is 2.35. The van der Waals surface area contributed by atoms with Crippen molar-refractivity contribution in [2.24, 2.45) is 0 Å². The Morgan fingerprint density at radius 3 is 2.50 bits per heavy atom. The van der Waals surface area contributed by atoms with Crippen LogP contribution in [-0.2, 0) is 4.79 Å². The second-order valence-electron chi connectivity index (χ2n) is 3.25. The molecule has 0 saturated heterocycles. The van der Waals surface area contributed by atoms with Crippen LogP contribution in [0.1, 0.15) is 18.6 Å². The van der Waals surface area contributed by atoms with E-state index >= 15 is 0 Å². The fourth-order valence-electron chi connectivity index (χ4n) is 1.11. The molecule has 0 heterocycles. The lowest BCUT2D eigenvalue weighted by Crippen LogP contribution is -2.34. The third-order valence-electron chi connectivity index (χ3n) is 2.07. The van der Waals surface area contributed by atoms with Gasteiger partial charge < -0.3 is 5.11 Å². The second kappa shape index (κ2) is 4.55. The normalized spacial score (nSPS) is 13.6. The molecule has 0 aliphatic heterocycles. The summed E-state index contributed by atoms with van der Waals surface area (Å²) in [6, 6.07) is 2.87. The van der Waals surface area contributed by atoms with E-state index in [1.807, 2.05) is 0 Å². The van der Waals surface area contributed by atoms with Crippen molar-refractivity contribution in [2.45, 2.75) is 19.0 Å². The standard InChI is InChI=1S/C10H8BrF3O2/c1-5(15)10(13,14)9(16)7-3-2-6(12)4-8(7)11/h2-4,9,16H,1H3. The molecule has 1 N–H and O–H groups in total. The highest BCUT2D eigenvalue weighted by Gasteiger charge is 2.45. The van der Waals surface area contributed by atoms with Gasteiger partial charge in [0, 0.05) is 17.0 Å². The number of carbonyl (C=O) groups excluding carboxylic acids is 1. The van der Waals surface area contributed by atoms with E-state index in [-0.39, 0.29) is 10.0 Å². The van der Waals surface area contributed by atoms with Gasteiger partial charge in [-0.25, -0.2) is 4.39 Å². The molecule has 0 radical (unpaired) electrons. The fourth-order valence-corrected chi connectivity index (χ4v) is 1.68. The maximum absolute atomic E-state index is 13.2. The minimum absolute atomic E-state index is 0.0130. The summed E-state index contributed by atoms with van der Waals surface area (Å²) in [5.41, 5.74) is -0.235. The van der Waals surface area contributed by atoms with Gasteiger partial charge in [0.15, 0.2) is 6.10 Å². The molecule has 1 rings (SSSR count). The minimum atomic E-state index is -3.89. The molecule has 0 aliphatic rings. The molecule has 0 amide bonds. The number of halogens is 4. The van der Waals surface area contributed by atoms with Crippen LogP contribution in [0, 0.1) is 5.82 Å². The molecule has 1 atom stereocenters. The number of aliphatic hydroxyl groups is 1. The van der Waals surface area contributed by atoms with Crippen LogP contribution >= 0.6 is 15.9 Å². The van der Waals surface area contributed by atoms with Crippen molar-refractivity contribution in [2.75, 3.05) is 0 Å². The van der Waals surface area contributed by atoms with Crippen molar-refractivity contribution >= 4 is 21.7 Å². The monoisotopic (exact) mass is 296 g/mol. The average molecular weight is 297 g/mol. The topological polar surface area (TPSA) is 37.3 Å². The van der Waals surface area contributed by atoms with E-state index in [4.69, 9.17) is 0 Å². The third kappa shape index (κ3) is 2.44. The maximum atomic E-state index is 13.2. The van der Waals surface area contributed by atoms with E-state index in [1.165, 1.54) is 0 Å². The molecule has 0 fully saturated rings. The van der Waals surface area contributed by atoms with Crippen LogP contribution in [0.4, 0.5) is 13.2 Å². The number of carbonyl (C=O) groups is 1. The molecule has 1 aromatic carbocycles. The predicted molar refractivity (Wildman–Crippen MR) is 54.7 cm³/mol. The zero-order valence-corrected chi connectivity index (χ0v) is 9.76. The number of benzene rings is 1. The van der Waals surface area contributed by atoms with Gasteiger partial charge in [0.05, 0.1) is 0 Å². The second-order valence-corrected chi connectivity index (χ2v) is 4.10. The lowest BCUT2D eigenvalue weighted by Gasteiger charge is -2.21. The molecule has 16 heavy (non-hydrogen) atoms. The first-order valence-electron chi connectivity index (χ1n) is 4.28. The first-order valence-corrected chi connectivity index (χ1v) is 5.08. The molecular weight excluding hydrogens is 289 g/mol. The van der Waals surface area contributed by atoms with Crippen molar-refractivity contribution in [3.8, 4) is 0 Å². The van der Waals surface area contributed by atoms with Gasteiger partial charge >= 0.3 is 5.92 Å². The van der Waals surface area contributed by atoms with E-state index in [0.29, 0.717) is 6.92 Å². The van der Waals surface area contributed by atoms with Crippen LogP contribution in [-0.4, -0.2) is 16.8 Å². The van der Waals surface area contributed by atoms with Crippen molar-refractivity contribution in [3.63, 3.8) is 0 Å². The van der Waals surface area contributed by atoms with Crippen LogP contribution in [0.5, 0.6) is 0 Å². The van der Waals surface area contributed by atoms with E-state index in [9.17, 15) is 23.1 Å². The van der Waals surface area contributed by atoms with Gasteiger partial charge in [0.1, 0.15) is 5.82 Å². The zero-order valence-electron chi connectivity index (χ0n) is 8.18. The number of ketones is 1. The molecule has 1 aromatic rings. The lowest BCUT2D eigenvalue weighted by atomic mass is 10.0. The maximum Gasteiger partial charge on any atom is 0.334 e. The van der Waals surface area contributed by atoms with Gasteiger partial charge in [-0.15, -0.1) is 0 Å². The first-order chi connectivity index (χ1) is 7.26. The summed E-state index contributed by atoms with van der Waals surface area (Å²) < 4.78 is 39.1. The summed E-state index contributed by atoms with van der Waals surface area (Å²) >= 11 is 2.84. The highest BCUT2D eigenvalue weighted by atomic mass is 79.9. The van der Waals surface area contributed by atoms with Gasteiger partial charge in [-0.05, 0) is 12.1 Å². The number of hydrogen-bond donors (Lipinski definition) is 1. The number of hydrogen-bond acceptors (Lipinski definition) is 2. The van der Waals surface area contributed by atoms with Crippen molar-refractivity contribution < 1.29 is 23.1 Å². The zero-order chi connectivity index (χ0) is 12.5. The summed E-state index contributed by atoms with van der Waals surface area (Å²) in [4.78, 5) is 10.7. The summed E-state index contributed by atoms with van der Waals surface area (Å²) in [5.74, 6) is -5.97. The van der Waals surface area contributed by atoms with Crippen molar-refractivity contribution in [1.29, 1.82) is 0 Å². The average Bonchev–Trinajstić information content (AvgIpc) is 2.16. The van der Waals surface area contributed by atoms with Gasteiger partial charge in [0.25, 0.3) is 0 Å². The summed E-state index contributed by atoms with van der Waals surface area (Å²) in [6.45, 7) is 0.681. The van der Waals surface area contributed by atoms with Gasteiger partial charge in [0.2, 0.25) is 5.78 Å². The molecule has 6 heteroatoms. The van der Waals surface area contributed by atoms with Gasteiger partial charge in [-0.3, -0.25) is 4.79 Å². The summed E-state index contributed by atoms with van der Waals surface area (Å²) in [6.07, 6.45) is -2.29. The minimum Gasteiger partial charge on any atom is -0.382 e. The Hall–Kier alpha value is -0.880. The Morgan fingerprint density at radius 1 is 1.50 bits per heavy atom. The number of rotatable bonds is 3. The Labute approximate surface area is 98.2 Å². The fraction of sp³-hybridized carbons (Fsp3) is 0.300. The highest BCUT2D eigenvalue weighted by molar-refractivity contribution is 9.10. The van der Waals surface area contributed by atoms with Crippen LogP contribution in [0.2, 0.25) is 0 Å². The first kappa shape index (κ1) is 13.2. The van der Waals surface area contributed by atoms with Crippen LogP contribution in [0.15, 0.2) is 22.7 Å². The van der Waals surface area contributed by atoms with Crippen LogP contribution < -0.4 is 0 Å². The smallest absolute Gasteiger partial charge is 0.334 e. The van der Waals surface area contributed by atoms with E-state index < -0.39 is 23.6 Å². The van der Waals surface area contributed by atoms with Crippen LogP contribution in [0.3, 0.4) is 0 Å². The number of aliphatic hydroxyl groups excluding tert-OH is 1. The molecule has 2 nitrogen and oxygen atoms in total. The van der Waals surface area contributed by atoms with E-state index in [0.717, 1.165) is 18.2 Å². The Bertz CT molecular complexity index is 421. The Balaban J connectivity index is 3.14. The molecule has 0 bridgehead atoms. The predicted octanol–water partition coefficient (Wildman–Crippen LogP) is 2.85. The molecule has 0 spiro atoms. The molecule has 0 saturated carbocycles. The van der Waals surface area contributed by atoms with Crippen molar-refractivity contribution in [3.05, 3.63) is 34.1 Å². The summed E-state index contributed by atoms with van der Waals surface area (Å²) in [7, 11) is 0. The Morgan fingerprint density at radius 2 is 2.06 bits per heavy atom. The van der Waals surface area contributed by atoms with Gasteiger partial charge in [-0.2, -0.15) is 8.78 Å². The quantitative estimate of drug-likeness (QED) is 0.931. The third-order valence-corrected chi connectivity index (χ3v) is 2.76. The van der Waals surface area contributed by atoms with Crippen LogP contribution in [0.25, 0.3) is 0 Å². The lowest BCUT2D eigenvalue weighted by molar-refractivity contribution is -0.159. The number of Topliss-reactive ketones (excluding diaryl/α,β-unsaturated/α-hetero) is 1. The van der Waals surface area contributed by atoms with Gasteiger partial charge in [-0.1, -0.05) is 22.0 Å². The molecule has 0 aliphatic carbocycles. The van der Waals surface area contributed by atoms with E-state index in [2.05, 4.69) is 15.9 Å². The molecular formula is C10H8BrF3O2. The SMILES string of the molecule is CC(=O)C(F)(F)C(O)c1ccc(F)cc1Br. The van der Waals surface area contributed by atoms with E-state index in [1.54, 1.807) is 0 Å². The molecule has 0 aromatic heterocycles. The largest absolute Gasteiger partial charge is 0.382 e.